The normalized spacial score (nSPS) is 16.3. The lowest BCUT2D eigenvalue weighted by Crippen LogP contribution is -2.34. The Labute approximate surface area is 154 Å². The molecular weight excluding hydrogens is 357 g/mol. The zero-order valence-electron chi connectivity index (χ0n) is 15.0. The van der Waals surface area contributed by atoms with E-state index in [1.54, 1.807) is 11.4 Å². The molecule has 0 N–H and O–H groups in total. The van der Waals surface area contributed by atoms with Crippen molar-refractivity contribution in [1.82, 2.24) is 24.8 Å². The zero-order valence-corrected chi connectivity index (χ0v) is 15.0. The number of hydrogen-bond donors (Lipinski definition) is 0. The summed E-state index contributed by atoms with van der Waals surface area (Å²) in [7, 11) is 0. The lowest BCUT2D eigenvalue weighted by atomic mass is 9.93. The molecule has 1 saturated heterocycles. The molecule has 1 aliphatic heterocycles. The molecule has 0 atom stereocenters. The Hall–Kier alpha value is -2.71. The van der Waals surface area contributed by atoms with Crippen LogP contribution in [0.5, 0.6) is 0 Å². The van der Waals surface area contributed by atoms with E-state index in [4.69, 9.17) is 0 Å². The monoisotopic (exact) mass is 376 g/mol. The van der Waals surface area contributed by atoms with Crippen LogP contribution in [0.2, 0.25) is 0 Å². The molecule has 0 aliphatic carbocycles. The second-order valence-electron chi connectivity index (χ2n) is 6.90. The summed E-state index contributed by atoms with van der Waals surface area (Å²) < 4.78 is 40.2. The van der Waals surface area contributed by atoms with Gasteiger partial charge < -0.3 is 4.90 Å². The topological polar surface area (TPSA) is 59.2 Å². The van der Waals surface area contributed by atoms with Gasteiger partial charge in [-0.25, -0.2) is 4.98 Å². The molecular formula is C18H19F3N6. The molecule has 142 valence electrons. The van der Waals surface area contributed by atoms with E-state index < -0.39 is 11.7 Å². The third kappa shape index (κ3) is 3.33. The maximum Gasteiger partial charge on any atom is 0.417 e. The van der Waals surface area contributed by atoms with Gasteiger partial charge in [-0.1, -0.05) is 0 Å². The number of aryl methyl sites for hydroxylation is 2. The molecule has 3 aromatic heterocycles. The van der Waals surface area contributed by atoms with E-state index in [1.807, 2.05) is 19.1 Å². The van der Waals surface area contributed by atoms with Crippen molar-refractivity contribution in [3.8, 4) is 0 Å². The van der Waals surface area contributed by atoms with Gasteiger partial charge in [-0.15, -0.1) is 10.2 Å². The molecule has 0 aromatic carbocycles. The largest absolute Gasteiger partial charge is 0.417 e. The van der Waals surface area contributed by atoms with Crippen molar-refractivity contribution in [2.45, 2.75) is 38.8 Å². The minimum atomic E-state index is -4.37. The van der Waals surface area contributed by atoms with E-state index in [9.17, 15) is 13.2 Å². The van der Waals surface area contributed by atoms with Crippen molar-refractivity contribution < 1.29 is 13.2 Å². The highest BCUT2D eigenvalue weighted by Gasteiger charge is 2.32. The minimum absolute atomic E-state index is 0.294. The summed E-state index contributed by atoms with van der Waals surface area (Å²) in [4.78, 5) is 6.13. The summed E-state index contributed by atoms with van der Waals surface area (Å²) in [5.41, 5.74) is 1.55. The Bertz CT molecular complexity index is 973. The molecule has 9 heteroatoms. The van der Waals surface area contributed by atoms with Gasteiger partial charge in [0, 0.05) is 25.2 Å². The molecule has 0 saturated carbocycles. The molecule has 0 unspecified atom stereocenters. The first-order valence-electron chi connectivity index (χ1n) is 8.80. The van der Waals surface area contributed by atoms with E-state index in [2.05, 4.69) is 25.2 Å². The molecule has 4 rings (SSSR count). The number of pyridine rings is 1. The molecule has 1 fully saturated rings. The smallest absolute Gasteiger partial charge is 0.356 e. The lowest BCUT2D eigenvalue weighted by Gasteiger charge is -2.33. The molecule has 0 amide bonds. The van der Waals surface area contributed by atoms with Gasteiger partial charge in [0.25, 0.3) is 0 Å². The van der Waals surface area contributed by atoms with Crippen molar-refractivity contribution in [2.75, 3.05) is 18.0 Å². The highest BCUT2D eigenvalue weighted by molar-refractivity contribution is 5.48. The SMILES string of the molecule is Cc1cc(C(F)(F)F)cnc1N1CCC(c2ccc3nnc(C)n3n2)CC1. The van der Waals surface area contributed by atoms with E-state index in [1.165, 1.54) is 6.07 Å². The van der Waals surface area contributed by atoms with Crippen LogP contribution >= 0.6 is 0 Å². The average Bonchev–Trinajstić information content (AvgIpc) is 3.02. The number of hydrogen-bond acceptors (Lipinski definition) is 5. The Morgan fingerprint density at radius 1 is 1.07 bits per heavy atom. The van der Waals surface area contributed by atoms with Crippen LogP contribution in [0, 0.1) is 13.8 Å². The van der Waals surface area contributed by atoms with Crippen molar-refractivity contribution in [2.24, 2.45) is 0 Å². The van der Waals surface area contributed by atoms with Crippen molar-refractivity contribution in [3.05, 3.63) is 47.0 Å². The maximum atomic E-state index is 12.8. The van der Waals surface area contributed by atoms with Crippen molar-refractivity contribution in [1.29, 1.82) is 0 Å². The Balaban J connectivity index is 1.49. The number of nitrogens with zero attached hydrogens (tertiary/aromatic N) is 6. The molecule has 3 aromatic rings. The lowest BCUT2D eigenvalue weighted by molar-refractivity contribution is -0.137. The van der Waals surface area contributed by atoms with Crippen LogP contribution < -0.4 is 4.90 Å². The van der Waals surface area contributed by atoms with Gasteiger partial charge in [-0.3, -0.25) is 0 Å². The van der Waals surface area contributed by atoms with Crippen LogP contribution in [-0.2, 0) is 6.18 Å². The third-order valence-corrected chi connectivity index (χ3v) is 5.03. The van der Waals surface area contributed by atoms with E-state index in [-0.39, 0.29) is 0 Å². The van der Waals surface area contributed by atoms with Gasteiger partial charge in [0.15, 0.2) is 11.5 Å². The number of alkyl halides is 3. The first-order valence-corrected chi connectivity index (χ1v) is 8.80. The van der Waals surface area contributed by atoms with E-state index in [0.29, 0.717) is 17.3 Å². The highest BCUT2D eigenvalue weighted by Crippen LogP contribution is 2.33. The quantitative estimate of drug-likeness (QED) is 0.685. The predicted octanol–water partition coefficient (Wildman–Crippen LogP) is 3.54. The molecule has 27 heavy (non-hydrogen) atoms. The van der Waals surface area contributed by atoms with Crippen LogP contribution in [0.3, 0.4) is 0 Å². The van der Waals surface area contributed by atoms with E-state index >= 15 is 0 Å². The van der Waals surface area contributed by atoms with Crippen LogP contribution in [0.1, 0.15) is 41.4 Å². The number of fused-ring (bicyclic) bond motifs is 1. The molecule has 1 aliphatic rings. The zero-order chi connectivity index (χ0) is 19.2. The van der Waals surface area contributed by atoms with Crippen molar-refractivity contribution in [3.63, 3.8) is 0 Å². The van der Waals surface area contributed by atoms with Crippen LogP contribution in [-0.4, -0.2) is 37.9 Å². The summed E-state index contributed by atoms with van der Waals surface area (Å²) in [6, 6.07) is 5.06. The summed E-state index contributed by atoms with van der Waals surface area (Å²) in [6.07, 6.45) is -1.73. The molecule has 0 bridgehead atoms. The third-order valence-electron chi connectivity index (χ3n) is 5.03. The first kappa shape index (κ1) is 17.7. The number of anilines is 1. The number of piperidine rings is 1. The maximum absolute atomic E-state index is 12.8. The van der Waals surface area contributed by atoms with Crippen LogP contribution in [0.4, 0.5) is 19.0 Å². The van der Waals surface area contributed by atoms with E-state index in [0.717, 1.165) is 49.3 Å². The van der Waals surface area contributed by atoms with Gasteiger partial charge >= 0.3 is 6.18 Å². The number of aromatic nitrogens is 5. The predicted molar refractivity (Wildman–Crippen MR) is 93.7 cm³/mol. The van der Waals surface area contributed by atoms with Gasteiger partial charge in [-0.2, -0.15) is 22.8 Å². The molecule has 6 nitrogen and oxygen atoms in total. The number of halogens is 3. The van der Waals surface area contributed by atoms with Gasteiger partial charge in [0.05, 0.1) is 11.3 Å². The summed E-state index contributed by atoms with van der Waals surface area (Å²) in [5, 5.41) is 12.7. The summed E-state index contributed by atoms with van der Waals surface area (Å²) in [5.74, 6) is 1.66. The van der Waals surface area contributed by atoms with Crippen LogP contribution in [0.25, 0.3) is 5.65 Å². The second kappa shape index (κ2) is 6.47. The first-order chi connectivity index (χ1) is 12.8. The van der Waals surface area contributed by atoms with Crippen LogP contribution in [0.15, 0.2) is 24.4 Å². The highest BCUT2D eigenvalue weighted by atomic mass is 19.4. The fourth-order valence-corrected chi connectivity index (χ4v) is 3.57. The van der Waals surface area contributed by atoms with Gasteiger partial charge in [-0.05, 0) is 50.5 Å². The molecule has 4 heterocycles. The fraction of sp³-hybridized carbons (Fsp3) is 0.444. The molecule has 0 radical (unpaired) electrons. The second-order valence-corrected chi connectivity index (χ2v) is 6.90. The van der Waals surface area contributed by atoms with Crippen molar-refractivity contribution >= 4 is 11.5 Å². The van der Waals surface area contributed by atoms with Gasteiger partial charge in [0.2, 0.25) is 0 Å². The summed E-state index contributed by atoms with van der Waals surface area (Å²) in [6.45, 7) is 4.99. The number of rotatable bonds is 2. The standard InChI is InChI=1S/C18H19F3N6/c1-11-9-14(18(19,20)21)10-22-17(11)26-7-5-13(6-8-26)15-3-4-16-24-23-12(2)27(16)25-15/h3-4,9-10,13H,5-8H2,1-2H3. The van der Waals surface area contributed by atoms with Gasteiger partial charge in [0.1, 0.15) is 5.82 Å². The fourth-order valence-electron chi connectivity index (χ4n) is 3.57. The Kier molecular flexibility index (Phi) is 4.24. The Morgan fingerprint density at radius 2 is 1.81 bits per heavy atom. The average molecular weight is 376 g/mol. The Morgan fingerprint density at radius 3 is 2.48 bits per heavy atom. The minimum Gasteiger partial charge on any atom is -0.356 e. The summed E-state index contributed by atoms with van der Waals surface area (Å²) >= 11 is 0. The molecule has 0 spiro atoms.